The molecule has 1 N–H and O–H groups in total. The number of nitrogens with one attached hydrogen (secondary N) is 1. The Morgan fingerprint density at radius 3 is 2.02 bits per heavy atom. The molecule has 0 amide bonds. The van der Waals surface area contributed by atoms with E-state index in [0.29, 0.717) is 0 Å². The van der Waals surface area contributed by atoms with Crippen LogP contribution in [-0.4, -0.2) is 11.7 Å². The Hall–Kier alpha value is -6.00. The normalized spacial score (nSPS) is 14.9. The molecule has 0 radical (unpaired) electrons. The van der Waals surface area contributed by atoms with Gasteiger partial charge in [0.05, 0.1) is 0 Å². The zero-order valence-electron chi connectivity index (χ0n) is 24.3. The fourth-order valence-corrected chi connectivity index (χ4v) is 6.56. The average Bonchev–Trinajstić information content (AvgIpc) is 3.51. The molecule has 45 heavy (non-hydrogen) atoms. The zero-order valence-corrected chi connectivity index (χ0v) is 24.3. The third-order valence-corrected chi connectivity index (χ3v) is 8.72. The van der Waals surface area contributed by atoms with Crippen LogP contribution in [0.3, 0.4) is 0 Å². The van der Waals surface area contributed by atoms with E-state index in [9.17, 15) is 0 Å². The third-order valence-electron chi connectivity index (χ3n) is 8.72. The summed E-state index contributed by atoms with van der Waals surface area (Å²) in [5, 5.41) is 10.6. The van der Waals surface area contributed by atoms with Gasteiger partial charge in [-0.15, -0.1) is 0 Å². The topological polar surface area (TPSA) is 49.9 Å². The van der Waals surface area contributed by atoms with Crippen LogP contribution < -0.4 is 5.32 Å². The van der Waals surface area contributed by atoms with E-state index in [4.69, 9.17) is 14.4 Å². The molecule has 1 aliphatic heterocycles. The number of amidine groups is 2. The molecule has 8 aromatic rings. The molecule has 0 aliphatic carbocycles. The fourth-order valence-electron chi connectivity index (χ4n) is 6.56. The molecule has 1 unspecified atom stereocenters. The van der Waals surface area contributed by atoms with E-state index in [1.165, 1.54) is 21.5 Å². The van der Waals surface area contributed by atoms with Gasteiger partial charge in [-0.25, -0.2) is 9.98 Å². The molecule has 1 aromatic heterocycles. The van der Waals surface area contributed by atoms with Crippen molar-refractivity contribution in [3.05, 3.63) is 168 Å². The van der Waals surface area contributed by atoms with Crippen LogP contribution in [0.1, 0.15) is 22.9 Å². The number of para-hydroxylation sites is 1. The first-order chi connectivity index (χ1) is 22.3. The Bertz CT molecular complexity index is 2460. The molecule has 7 aromatic carbocycles. The van der Waals surface area contributed by atoms with Crippen molar-refractivity contribution < 1.29 is 4.42 Å². The lowest BCUT2D eigenvalue weighted by molar-refractivity contribution is 0.670. The van der Waals surface area contributed by atoms with Crippen LogP contribution in [-0.2, 0) is 0 Å². The summed E-state index contributed by atoms with van der Waals surface area (Å²) < 4.78 is 6.56. The molecule has 0 bridgehead atoms. The van der Waals surface area contributed by atoms with Gasteiger partial charge in [0, 0.05) is 27.5 Å². The van der Waals surface area contributed by atoms with Crippen molar-refractivity contribution in [3.63, 3.8) is 0 Å². The van der Waals surface area contributed by atoms with Crippen LogP contribution >= 0.6 is 0 Å². The maximum atomic E-state index is 6.56. The van der Waals surface area contributed by atoms with Gasteiger partial charge >= 0.3 is 0 Å². The molecule has 4 nitrogen and oxygen atoms in total. The monoisotopic (exact) mass is 577 g/mol. The quantitative estimate of drug-likeness (QED) is 0.212. The first-order valence-electron chi connectivity index (χ1n) is 15.2. The molecule has 2 heterocycles. The first kappa shape index (κ1) is 25.5. The fraction of sp³-hybridized carbons (Fsp3) is 0.0244. The second-order valence-electron chi connectivity index (χ2n) is 11.4. The van der Waals surface area contributed by atoms with E-state index in [0.717, 1.165) is 61.4 Å². The molecular formula is C41H27N3O. The lowest BCUT2D eigenvalue weighted by Crippen LogP contribution is -2.36. The van der Waals surface area contributed by atoms with Crippen molar-refractivity contribution in [2.45, 2.75) is 6.17 Å². The van der Waals surface area contributed by atoms with Gasteiger partial charge in [0.1, 0.15) is 22.8 Å². The molecule has 1 atom stereocenters. The number of furan rings is 1. The minimum absolute atomic E-state index is 0.416. The van der Waals surface area contributed by atoms with Crippen molar-refractivity contribution in [2.24, 2.45) is 9.98 Å². The van der Waals surface area contributed by atoms with E-state index >= 15 is 0 Å². The number of hydrogen-bond donors (Lipinski definition) is 1. The smallest absolute Gasteiger partial charge is 0.169 e. The predicted molar refractivity (Wildman–Crippen MR) is 186 cm³/mol. The van der Waals surface area contributed by atoms with Crippen molar-refractivity contribution in [2.75, 3.05) is 0 Å². The molecule has 1 aliphatic rings. The summed E-state index contributed by atoms with van der Waals surface area (Å²) in [4.78, 5) is 10.4. The second-order valence-corrected chi connectivity index (χ2v) is 11.4. The maximum absolute atomic E-state index is 6.56. The molecule has 0 saturated heterocycles. The Morgan fingerprint density at radius 1 is 0.489 bits per heavy atom. The highest BCUT2D eigenvalue weighted by Crippen LogP contribution is 2.38. The minimum Gasteiger partial charge on any atom is -0.455 e. The molecule has 4 heteroatoms. The molecular weight excluding hydrogens is 550 g/mol. The van der Waals surface area contributed by atoms with Crippen molar-refractivity contribution >= 4 is 55.2 Å². The number of fused-ring (bicyclic) bond motifs is 6. The Morgan fingerprint density at radius 2 is 1.16 bits per heavy atom. The summed E-state index contributed by atoms with van der Waals surface area (Å²) in [6, 6.07) is 52.7. The number of rotatable bonds is 4. The van der Waals surface area contributed by atoms with Gasteiger partial charge in [-0.1, -0.05) is 140 Å². The van der Waals surface area contributed by atoms with Gasteiger partial charge in [0.25, 0.3) is 0 Å². The van der Waals surface area contributed by atoms with Crippen LogP contribution in [0.2, 0.25) is 0 Å². The number of nitrogens with zero attached hydrogens (tertiary/aromatic N) is 2. The largest absolute Gasteiger partial charge is 0.455 e. The van der Waals surface area contributed by atoms with Crippen LogP contribution in [0, 0.1) is 0 Å². The number of aliphatic imine (C=N–C) groups is 2. The lowest BCUT2D eigenvalue weighted by Gasteiger charge is -2.23. The van der Waals surface area contributed by atoms with Gasteiger partial charge in [-0.05, 0) is 44.8 Å². The van der Waals surface area contributed by atoms with Crippen molar-refractivity contribution in [1.82, 2.24) is 5.32 Å². The van der Waals surface area contributed by atoms with Crippen LogP contribution in [0.15, 0.2) is 166 Å². The average molecular weight is 578 g/mol. The van der Waals surface area contributed by atoms with Crippen molar-refractivity contribution in [1.29, 1.82) is 0 Å². The molecule has 0 fully saturated rings. The standard InChI is InChI=1S/C41H27N3O/c1-3-11-26(12-4-1)33-17-9-18-34-37-35(19-10-20-36(37)45-38(33)34)41-43-39(28-14-5-2-6-15-28)42-40(44-41)30-23-24-32-29(25-30)22-21-27-13-7-8-16-31(27)32/h1-25,40H,(H,42,43,44). The summed E-state index contributed by atoms with van der Waals surface area (Å²) in [7, 11) is 0. The number of benzene rings is 7. The predicted octanol–water partition coefficient (Wildman–Crippen LogP) is 10.1. The van der Waals surface area contributed by atoms with E-state index in [1.54, 1.807) is 0 Å². The molecule has 212 valence electrons. The van der Waals surface area contributed by atoms with Gasteiger partial charge < -0.3 is 9.73 Å². The molecule has 0 saturated carbocycles. The van der Waals surface area contributed by atoms with E-state index in [2.05, 4.69) is 121 Å². The minimum atomic E-state index is -0.416. The van der Waals surface area contributed by atoms with Crippen LogP contribution in [0.4, 0.5) is 0 Å². The lowest BCUT2D eigenvalue weighted by atomic mass is 9.99. The van der Waals surface area contributed by atoms with Gasteiger partial charge in [-0.3, -0.25) is 0 Å². The highest BCUT2D eigenvalue weighted by atomic mass is 16.3. The number of hydrogen-bond acceptors (Lipinski definition) is 4. The Kier molecular flexibility index (Phi) is 5.85. The summed E-state index contributed by atoms with van der Waals surface area (Å²) >= 11 is 0. The Labute approximate surface area is 260 Å². The van der Waals surface area contributed by atoms with Crippen LogP contribution in [0.5, 0.6) is 0 Å². The van der Waals surface area contributed by atoms with Gasteiger partial charge in [0.2, 0.25) is 0 Å². The third kappa shape index (κ3) is 4.30. The maximum Gasteiger partial charge on any atom is 0.169 e. The SMILES string of the molecule is c1ccc(C2=NC(c3ccc4c(ccc5ccccc54)c3)N=C(c3cccc4oc5c(-c6ccccc6)cccc5c34)N2)cc1. The van der Waals surface area contributed by atoms with E-state index in [-0.39, 0.29) is 0 Å². The van der Waals surface area contributed by atoms with Crippen molar-refractivity contribution in [3.8, 4) is 11.1 Å². The zero-order chi connectivity index (χ0) is 29.7. The van der Waals surface area contributed by atoms with E-state index < -0.39 is 6.17 Å². The van der Waals surface area contributed by atoms with E-state index in [1.807, 2.05) is 36.4 Å². The Balaban J connectivity index is 1.23. The summed E-state index contributed by atoms with van der Waals surface area (Å²) in [5.74, 6) is 1.56. The highest BCUT2D eigenvalue weighted by Gasteiger charge is 2.24. The summed E-state index contributed by atoms with van der Waals surface area (Å²) in [5.41, 5.74) is 6.93. The molecule has 0 spiro atoms. The summed E-state index contributed by atoms with van der Waals surface area (Å²) in [6.45, 7) is 0. The molecule has 9 rings (SSSR count). The second kappa shape index (κ2) is 10.3. The van der Waals surface area contributed by atoms with Gasteiger partial charge in [0.15, 0.2) is 6.17 Å². The van der Waals surface area contributed by atoms with Gasteiger partial charge in [-0.2, -0.15) is 0 Å². The summed E-state index contributed by atoms with van der Waals surface area (Å²) in [6.07, 6.45) is -0.416. The van der Waals surface area contributed by atoms with Crippen LogP contribution in [0.25, 0.3) is 54.6 Å². The first-order valence-corrected chi connectivity index (χ1v) is 15.2. The highest BCUT2D eigenvalue weighted by molar-refractivity contribution is 6.24.